The van der Waals surface area contributed by atoms with Crippen LogP contribution in [0.2, 0.25) is 0 Å². The minimum Gasteiger partial charge on any atom is -0.378 e. The zero-order valence-electron chi connectivity index (χ0n) is 14.6. The minimum atomic E-state index is 0.752. The minimum absolute atomic E-state index is 0.752. The van der Waals surface area contributed by atoms with Crippen LogP contribution in [0.4, 0.5) is 5.69 Å². The molecule has 3 fully saturated rings. The third kappa shape index (κ3) is 3.75. The van der Waals surface area contributed by atoms with Crippen LogP contribution in [0.25, 0.3) is 0 Å². The lowest BCUT2D eigenvalue weighted by Crippen LogP contribution is -2.49. The topological polar surface area (TPSA) is 31.0 Å². The molecule has 1 aromatic rings. The summed E-state index contributed by atoms with van der Waals surface area (Å²) in [6, 6.07) is 9.70. The maximum absolute atomic E-state index is 5.51. The number of benzene rings is 1. The van der Waals surface area contributed by atoms with E-state index < -0.39 is 0 Å². The van der Waals surface area contributed by atoms with Crippen molar-refractivity contribution in [2.45, 2.75) is 19.0 Å². The van der Waals surface area contributed by atoms with Crippen LogP contribution < -0.4 is 10.2 Å². The predicted octanol–water partition coefficient (Wildman–Crippen LogP) is 1.00. The van der Waals surface area contributed by atoms with Gasteiger partial charge in [-0.1, -0.05) is 18.2 Å². The van der Waals surface area contributed by atoms with Crippen LogP contribution in [-0.4, -0.2) is 81.4 Å². The number of nitrogens with one attached hydrogen (secondary N) is 1. The Morgan fingerprint density at radius 1 is 1.00 bits per heavy atom. The van der Waals surface area contributed by atoms with E-state index in [1.54, 1.807) is 0 Å². The largest absolute Gasteiger partial charge is 0.378 e. The van der Waals surface area contributed by atoms with Crippen molar-refractivity contribution in [1.29, 1.82) is 0 Å². The molecule has 0 aromatic heterocycles. The molecular formula is C19H30N4O. The SMILES string of the molecule is c1ccc(N2CCOCC2)c(CN2CCC(N3CCNCC3)C2)c1. The van der Waals surface area contributed by atoms with E-state index in [1.165, 1.54) is 43.9 Å². The van der Waals surface area contributed by atoms with Crippen molar-refractivity contribution in [3.8, 4) is 0 Å². The van der Waals surface area contributed by atoms with E-state index in [-0.39, 0.29) is 0 Å². The van der Waals surface area contributed by atoms with Gasteiger partial charge in [-0.05, 0) is 18.1 Å². The average Bonchev–Trinajstić information content (AvgIpc) is 3.12. The summed E-state index contributed by atoms with van der Waals surface area (Å²) < 4.78 is 5.51. The van der Waals surface area contributed by atoms with Gasteiger partial charge >= 0.3 is 0 Å². The third-order valence-electron chi connectivity index (χ3n) is 5.65. The molecule has 3 heterocycles. The highest BCUT2D eigenvalue weighted by Gasteiger charge is 2.28. The fraction of sp³-hybridized carbons (Fsp3) is 0.684. The lowest BCUT2D eigenvalue weighted by molar-refractivity contribution is 0.122. The molecule has 0 amide bonds. The summed E-state index contributed by atoms with van der Waals surface area (Å²) in [7, 11) is 0. The van der Waals surface area contributed by atoms with Gasteiger partial charge in [-0.25, -0.2) is 0 Å². The van der Waals surface area contributed by atoms with Crippen LogP contribution in [-0.2, 0) is 11.3 Å². The zero-order valence-corrected chi connectivity index (χ0v) is 14.6. The molecule has 132 valence electrons. The highest BCUT2D eigenvalue weighted by Crippen LogP contribution is 2.25. The van der Waals surface area contributed by atoms with Crippen molar-refractivity contribution < 1.29 is 4.74 Å². The van der Waals surface area contributed by atoms with Gasteiger partial charge in [0.05, 0.1) is 13.2 Å². The molecule has 0 aliphatic carbocycles. The third-order valence-corrected chi connectivity index (χ3v) is 5.65. The fourth-order valence-electron chi connectivity index (χ4n) is 4.30. The molecule has 1 N–H and O–H groups in total. The van der Waals surface area contributed by atoms with Gasteiger partial charge in [0, 0.05) is 70.6 Å². The Labute approximate surface area is 145 Å². The second-order valence-corrected chi connectivity index (χ2v) is 7.19. The molecule has 1 unspecified atom stereocenters. The molecule has 0 radical (unpaired) electrons. The molecule has 1 atom stereocenters. The number of rotatable bonds is 4. The van der Waals surface area contributed by atoms with Crippen molar-refractivity contribution in [3.63, 3.8) is 0 Å². The van der Waals surface area contributed by atoms with E-state index in [1.807, 2.05) is 0 Å². The summed E-state index contributed by atoms with van der Waals surface area (Å²) in [5.41, 5.74) is 2.88. The van der Waals surface area contributed by atoms with Crippen molar-refractivity contribution in [1.82, 2.24) is 15.1 Å². The number of morpholine rings is 1. The molecule has 0 bridgehead atoms. The van der Waals surface area contributed by atoms with Crippen molar-refractivity contribution in [3.05, 3.63) is 29.8 Å². The number of anilines is 1. The monoisotopic (exact) mass is 330 g/mol. The van der Waals surface area contributed by atoms with Crippen LogP contribution in [0, 0.1) is 0 Å². The van der Waals surface area contributed by atoms with Crippen LogP contribution >= 0.6 is 0 Å². The standard InChI is InChI=1S/C19H30N4O/c1-2-4-19(23-11-13-24-14-12-23)17(3-1)15-21-8-5-18(16-21)22-9-6-20-7-10-22/h1-4,18,20H,5-16H2. The van der Waals surface area contributed by atoms with Gasteiger partial charge in [-0.3, -0.25) is 9.80 Å². The first-order valence-electron chi connectivity index (χ1n) is 9.48. The number of hydrogen-bond donors (Lipinski definition) is 1. The maximum Gasteiger partial charge on any atom is 0.0642 e. The number of nitrogens with zero attached hydrogens (tertiary/aromatic N) is 3. The van der Waals surface area contributed by atoms with Gasteiger partial charge in [0.1, 0.15) is 0 Å². The van der Waals surface area contributed by atoms with Gasteiger partial charge in [-0.15, -0.1) is 0 Å². The number of ether oxygens (including phenoxy) is 1. The maximum atomic E-state index is 5.51. The molecule has 24 heavy (non-hydrogen) atoms. The number of para-hydroxylation sites is 1. The Bertz CT molecular complexity index is 526. The highest BCUT2D eigenvalue weighted by atomic mass is 16.5. The molecule has 3 saturated heterocycles. The molecular weight excluding hydrogens is 300 g/mol. The summed E-state index contributed by atoms with van der Waals surface area (Å²) in [6.45, 7) is 12.0. The number of piperazine rings is 1. The van der Waals surface area contributed by atoms with Crippen molar-refractivity contribution in [2.75, 3.05) is 70.5 Å². The van der Waals surface area contributed by atoms with Gasteiger partial charge in [0.2, 0.25) is 0 Å². The van der Waals surface area contributed by atoms with E-state index in [4.69, 9.17) is 4.74 Å². The van der Waals surface area contributed by atoms with E-state index in [0.717, 1.165) is 52.0 Å². The summed E-state index contributed by atoms with van der Waals surface area (Å²) in [5, 5.41) is 3.46. The summed E-state index contributed by atoms with van der Waals surface area (Å²) in [5.74, 6) is 0. The molecule has 4 rings (SSSR count). The number of likely N-dealkylation sites (tertiary alicyclic amines) is 1. The Kier molecular flexibility index (Phi) is 5.33. The van der Waals surface area contributed by atoms with Gasteiger partial charge < -0.3 is 15.0 Å². The lowest BCUT2D eigenvalue weighted by atomic mass is 10.1. The van der Waals surface area contributed by atoms with Gasteiger partial charge in [-0.2, -0.15) is 0 Å². The van der Waals surface area contributed by atoms with Crippen molar-refractivity contribution in [2.24, 2.45) is 0 Å². The second kappa shape index (κ2) is 7.83. The van der Waals surface area contributed by atoms with Crippen LogP contribution in [0.1, 0.15) is 12.0 Å². The average molecular weight is 330 g/mol. The van der Waals surface area contributed by atoms with E-state index in [9.17, 15) is 0 Å². The van der Waals surface area contributed by atoms with E-state index in [2.05, 4.69) is 44.3 Å². The molecule has 3 aliphatic heterocycles. The van der Waals surface area contributed by atoms with Crippen molar-refractivity contribution >= 4 is 5.69 Å². The predicted molar refractivity (Wildman–Crippen MR) is 97.6 cm³/mol. The Hall–Kier alpha value is -1.14. The van der Waals surface area contributed by atoms with E-state index >= 15 is 0 Å². The molecule has 0 saturated carbocycles. The van der Waals surface area contributed by atoms with Crippen LogP contribution in [0.15, 0.2) is 24.3 Å². The highest BCUT2D eigenvalue weighted by molar-refractivity contribution is 5.54. The molecule has 5 heteroatoms. The first-order valence-corrected chi connectivity index (χ1v) is 9.48. The summed E-state index contributed by atoms with van der Waals surface area (Å²) in [4.78, 5) is 7.82. The summed E-state index contributed by atoms with van der Waals surface area (Å²) >= 11 is 0. The van der Waals surface area contributed by atoms with E-state index in [0.29, 0.717) is 0 Å². The lowest BCUT2D eigenvalue weighted by Gasteiger charge is -2.33. The smallest absolute Gasteiger partial charge is 0.0642 e. The quantitative estimate of drug-likeness (QED) is 0.890. The van der Waals surface area contributed by atoms with Gasteiger partial charge in [0.25, 0.3) is 0 Å². The second-order valence-electron chi connectivity index (χ2n) is 7.19. The van der Waals surface area contributed by atoms with Crippen LogP contribution in [0.3, 0.4) is 0 Å². The normalized spacial score (nSPS) is 26.8. The van der Waals surface area contributed by atoms with Gasteiger partial charge in [0.15, 0.2) is 0 Å². The molecule has 5 nitrogen and oxygen atoms in total. The summed E-state index contributed by atoms with van der Waals surface area (Å²) in [6.07, 6.45) is 1.32. The molecule has 3 aliphatic rings. The Morgan fingerprint density at radius 3 is 2.62 bits per heavy atom. The zero-order chi connectivity index (χ0) is 16.2. The molecule has 1 aromatic carbocycles. The van der Waals surface area contributed by atoms with Crippen LogP contribution in [0.5, 0.6) is 0 Å². The first kappa shape index (κ1) is 16.3. The number of hydrogen-bond acceptors (Lipinski definition) is 5. The Balaban J connectivity index is 1.39. The molecule has 0 spiro atoms. The first-order chi connectivity index (χ1) is 11.9. The fourth-order valence-corrected chi connectivity index (χ4v) is 4.30. The Morgan fingerprint density at radius 2 is 1.79 bits per heavy atom.